The molecule has 1 aliphatic rings. The summed E-state index contributed by atoms with van der Waals surface area (Å²) in [5.74, 6) is -1.44. The monoisotopic (exact) mass is 304 g/mol. The Labute approximate surface area is 129 Å². The zero-order valence-corrected chi connectivity index (χ0v) is 12.5. The number of carbonyl (C=O) groups is 3. The summed E-state index contributed by atoms with van der Waals surface area (Å²) >= 11 is 0. The molecule has 1 aromatic rings. The average Bonchev–Trinajstić information content (AvgIpc) is 2.96. The molecule has 1 aromatic carbocycles. The van der Waals surface area contributed by atoms with Crippen LogP contribution in [0.2, 0.25) is 0 Å². The predicted molar refractivity (Wildman–Crippen MR) is 80.0 cm³/mol. The molecule has 1 heterocycles. The van der Waals surface area contributed by atoms with Crippen LogP contribution in [0.3, 0.4) is 0 Å². The molecule has 6 nitrogen and oxygen atoms in total. The number of amides is 2. The van der Waals surface area contributed by atoms with Gasteiger partial charge in [-0.05, 0) is 18.4 Å². The van der Waals surface area contributed by atoms with E-state index in [1.807, 2.05) is 30.3 Å². The molecule has 0 spiro atoms. The lowest BCUT2D eigenvalue weighted by atomic mass is 10.0. The van der Waals surface area contributed by atoms with Crippen LogP contribution in [-0.2, 0) is 14.4 Å². The van der Waals surface area contributed by atoms with Gasteiger partial charge in [-0.3, -0.25) is 9.59 Å². The molecule has 1 fully saturated rings. The van der Waals surface area contributed by atoms with Crippen LogP contribution in [0.1, 0.15) is 37.8 Å². The number of carboxylic acid groups (broad SMARTS) is 1. The van der Waals surface area contributed by atoms with Crippen LogP contribution in [0.4, 0.5) is 0 Å². The molecular weight excluding hydrogens is 284 g/mol. The number of aliphatic carboxylic acids is 1. The number of rotatable bonds is 5. The number of hydrogen-bond donors (Lipinski definition) is 2. The van der Waals surface area contributed by atoms with Gasteiger partial charge in [-0.25, -0.2) is 4.79 Å². The molecular formula is C16H20N2O4. The first kappa shape index (κ1) is 16.0. The first-order chi connectivity index (χ1) is 10.5. The Balaban J connectivity index is 2.11. The Bertz CT molecular complexity index is 559. The number of benzene rings is 1. The molecule has 0 radical (unpaired) electrons. The van der Waals surface area contributed by atoms with Crippen LogP contribution in [0, 0.1) is 0 Å². The molecule has 22 heavy (non-hydrogen) atoms. The standard InChI is InChI=1S/C16H20N2O4/c1-11(19)17-13(12-6-3-2-4-7-12)10-15(20)18-9-5-8-14(18)16(21)22/h2-4,6-7,13-14H,5,8-10H2,1H3,(H,17,19)(H,21,22). The Hall–Kier alpha value is -2.37. The molecule has 1 aliphatic heterocycles. The first-order valence-electron chi connectivity index (χ1n) is 7.33. The van der Waals surface area contributed by atoms with Crippen molar-refractivity contribution in [2.24, 2.45) is 0 Å². The lowest BCUT2D eigenvalue weighted by molar-refractivity contribution is -0.148. The van der Waals surface area contributed by atoms with Crippen molar-refractivity contribution in [3.63, 3.8) is 0 Å². The van der Waals surface area contributed by atoms with E-state index in [0.717, 1.165) is 5.56 Å². The molecule has 6 heteroatoms. The van der Waals surface area contributed by atoms with E-state index in [2.05, 4.69) is 5.32 Å². The molecule has 0 bridgehead atoms. The van der Waals surface area contributed by atoms with Gasteiger partial charge in [-0.1, -0.05) is 30.3 Å². The fourth-order valence-corrected chi connectivity index (χ4v) is 2.80. The second-order valence-corrected chi connectivity index (χ2v) is 5.45. The van der Waals surface area contributed by atoms with Crippen molar-refractivity contribution >= 4 is 17.8 Å². The van der Waals surface area contributed by atoms with Crippen molar-refractivity contribution in [1.82, 2.24) is 10.2 Å². The maximum atomic E-state index is 12.4. The number of nitrogens with one attached hydrogen (secondary N) is 1. The van der Waals surface area contributed by atoms with Gasteiger partial charge in [0, 0.05) is 13.5 Å². The van der Waals surface area contributed by atoms with Gasteiger partial charge in [0.05, 0.1) is 12.5 Å². The largest absolute Gasteiger partial charge is 0.480 e. The minimum absolute atomic E-state index is 0.0629. The van der Waals surface area contributed by atoms with E-state index in [9.17, 15) is 14.4 Å². The molecule has 2 atom stereocenters. The summed E-state index contributed by atoms with van der Waals surface area (Å²) in [6.45, 7) is 1.85. The van der Waals surface area contributed by atoms with E-state index >= 15 is 0 Å². The number of nitrogens with zero attached hydrogens (tertiary/aromatic N) is 1. The number of carboxylic acids is 1. The first-order valence-corrected chi connectivity index (χ1v) is 7.33. The second-order valence-electron chi connectivity index (χ2n) is 5.45. The lowest BCUT2D eigenvalue weighted by Crippen LogP contribution is -2.42. The highest BCUT2D eigenvalue weighted by Crippen LogP contribution is 2.23. The fraction of sp³-hybridized carbons (Fsp3) is 0.438. The molecule has 2 N–H and O–H groups in total. The van der Waals surface area contributed by atoms with Crippen molar-refractivity contribution in [2.45, 2.75) is 38.3 Å². The van der Waals surface area contributed by atoms with Crippen molar-refractivity contribution < 1.29 is 19.5 Å². The third-order valence-corrected chi connectivity index (χ3v) is 3.82. The fourth-order valence-electron chi connectivity index (χ4n) is 2.80. The van der Waals surface area contributed by atoms with E-state index in [0.29, 0.717) is 19.4 Å². The third-order valence-electron chi connectivity index (χ3n) is 3.82. The smallest absolute Gasteiger partial charge is 0.326 e. The zero-order chi connectivity index (χ0) is 16.1. The Morgan fingerprint density at radius 3 is 2.59 bits per heavy atom. The molecule has 0 aromatic heterocycles. The highest BCUT2D eigenvalue weighted by atomic mass is 16.4. The maximum Gasteiger partial charge on any atom is 0.326 e. The topological polar surface area (TPSA) is 86.7 Å². The summed E-state index contributed by atoms with van der Waals surface area (Å²) in [6, 6.07) is 8.02. The molecule has 0 aliphatic carbocycles. The van der Waals surface area contributed by atoms with Gasteiger partial charge in [-0.2, -0.15) is 0 Å². The highest BCUT2D eigenvalue weighted by molar-refractivity contribution is 5.85. The van der Waals surface area contributed by atoms with Crippen molar-refractivity contribution in [1.29, 1.82) is 0 Å². The van der Waals surface area contributed by atoms with Crippen molar-refractivity contribution in [2.75, 3.05) is 6.54 Å². The predicted octanol–water partition coefficient (Wildman–Crippen LogP) is 1.33. The summed E-state index contributed by atoms with van der Waals surface area (Å²) in [5, 5.41) is 11.9. The number of likely N-dealkylation sites (tertiary alicyclic amines) is 1. The van der Waals surface area contributed by atoms with Crippen molar-refractivity contribution in [3.05, 3.63) is 35.9 Å². The average molecular weight is 304 g/mol. The minimum Gasteiger partial charge on any atom is -0.480 e. The van der Waals surface area contributed by atoms with E-state index in [1.54, 1.807) is 0 Å². The SMILES string of the molecule is CC(=O)NC(CC(=O)N1CCCC1C(=O)O)c1ccccc1. The lowest BCUT2D eigenvalue weighted by Gasteiger charge is -2.25. The van der Waals surface area contributed by atoms with Crippen LogP contribution in [0.5, 0.6) is 0 Å². The van der Waals surface area contributed by atoms with Crippen LogP contribution in [0.15, 0.2) is 30.3 Å². The summed E-state index contributed by atoms with van der Waals surface area (Å²) in [4.78, 5) is 36.4. The van der Waals surface area contributed by atoms with Crippen LogP contribution >= 0.6 is 0 Å². The Morgan fingerprint density at radius 2 is 2.00 bits per heavy atom. The van der Waals surface area contributed by atoms with Gasteiger partial charge < -0.3 is 15.3 Å². The van der Waals surface area contributed by atoms with Crippen LogP contribution in [0.25, 0.3) is 0 Å². The van der Waals surface area contributed by atoms with E-state index < -0.39 is 18.1 Å². The van der Waals surface area contributed by atoms with Gasteiger partial charge >= 0.3 is 5.97 Å². The molecule has 2 amide bonds. The number of carbonyl (C=O) groups excluding carboxylic acids is 2. The Kier molecular flexibility index (Phi) is 5.14. The Morgan fingerprint density at radius 1 is 1.32 bits per heavy atom. The third kappa shape index (κ3) is 3.84. The van der Waals surface area contributed by atoms with E-state index in [-0.39, 0.29) is 18.2 Å². The molecule has 2 rings (SSSR count). The number of hydrogen-bond acceptors (Lipinski definition) is 3. The minimum atomic E-state index is -0.971. The summed E-state index contributed by atoms with van der Waals surface area (Å²) in [6.07, 6.45) is 1.24. The second kappa shape index (κ2) is 7.06. The van der Waals surface area contributed by atoms with Gasteiger partial charge in [0.15, 0.2) is 0 Å². The van der Waals surface area contributed by atoms with E-state index in [1.165, 1.54) is 11.8 Å². The van der Waals surface area contributed by atoms with Crippen LogP contribution in [-0.4, -0.2) is 40.4 Å². The van der Waals surface area contributed by atoms with Crippen molar-refractivity contribution in [3.8, 4) is 0 Å². The zero-order valence-electron chi connectivity index (χ0n) is 12.5. The summed E-state index contributed by atoms with van der Waals surface area (Å²) in [7, 11) is 0. The molecule has 118 valence electrons. The van der Waals surface area contributed by atoms with Gasteiger partial charge in [0.1, 0.15) is 6.04 Å². The van der Waals surface area contributed by atoms with Gasteiger partial charge in [-0.15, -0.1) is 0 Å². The van der Waals surface area contributed by atoms with E-state index in [4.69, 9.17) is 5.11 Å². The van der Waals surface area contributed by atoms with Gasteiger partial charge in [0.2, 0.25) is 11.8 Å². The summed E-state index contributed by atoms with van der Waals surface area (Å²) in [5.41, 5.74) is 0.831. The maximum absolute atomic E-state index is 12.4. The van der Waals surface area contributed by atoms with Crippen LogP contribution < -0.4 is 5.32 Å². The molecule has 1 saturated heterocycles. The molecule has 0 saturated carbocycles. The molecule has 2 unspecified atom stereocenters. The highest BCUT2D eigenvalue weighted by Gasteiger charge is 2.34. The summed E-state index contributed by atoms with van der Waals surface area (Å²) < 4.78 is 0. The van der Waals surface area contributed by atoms with Gasteiger partial charge in [0.25, 0.3) is 0 Å². The normalized spacial score (nSPS) is 18.8. The quantitative estimate of drug-likeness (QED) is 0.859.